The van der Waals surface area contributed by atoms with Crippen molar-refractivity contribution in [3.63, 3.8) is 0 Å². The summed E-state index contributed by atoms with van der Waals surface area (Å²) in [6, 6.07) is 15.3. The largest absolute Gasteiger partial charge is 0.352 e. The second kappa shape index (κ2) is 9.56. The summed E-state index contributed by atoms with van der Waals surface area (Å²) in [6.07, 6.45) is 1.39. The molecule has 0 spiro atoms. The van der Waals surface area contributed by atoms with Crippen LogP contribution in [-0.2, 0) is 17.8 Å². The summed E-state index contributed by atoms with van der Waals surface area (Å²) in [5, 5.41) is 7.62. The number of amides is 1. The topological polar surface area (TPSA) is 41.1 Å². The van der Waals surface area contributed by atoms with Gasteiger partial charge < -0.3 is 10.6 Å². The summed E-state index contributed by atoms with van der Waals surface area (Å²) in [7, 11) is 0. The van der Waals surface area contributed by atoms with E-state index >= 15 is 0 Å². The van der Waals surface area contributed by atoms with Gasteiger partial charge in [0.15, 0.2) is 0 Å². The van der Waals surface area contributed by atoms with Crippen LogP contribution in [0.25, 0.3) is 0 Å². The molecule has 0 bridgehead atoms. The molecule has 2 rings (SSSR count). The molecule has 1 amide bonds. The molecule has 0 fully saturated rings. The number of carbonyl (C=O) groups excluding carboxylic acids is 1. The van der Waals surface area contributed by atoms with Crippen molar-refractivity contribution in [3.05, 3.63) is 69.7 Å². The average molecular weight is 351 g/mol. The van der Waals surface area contributed by atoms with E-state index in [0.717, 1.165) is 23.6 Å². The fourth-order valence-electron chi connectivity index (χ4n) is 2.10. The number of rotatable bonds is 8. The Bertz CT molecular complexity index is 612. The van der Waals surface area contributed by atoms with Crippen LogP contribution in [0.1, 0.15) is 17.5 Å². The van der Waals surface area contributed by atoms with E-state index in [2.05, 4.69) is 10.6 Å². The summed E-state index contributed by atoms with van der Waals surface area (Å²) in [5.74, 6) is 0.0407. The van der Waals surface area contributed by atoms with Gasteiger partial charge in [0.25, 0.3) is 0 Å². The van der Waals surface area contributed by atoms with Crippen molar-refractivity contribution < 1.29 is 4.79 Å². The maximum absolute atomic E-state index is 11.8. The molecule has 122 valence electrons. The lowest BCUT2D eigenvalue weighted by Gasteiger charge is -2.07. The van der Waals surface area contributed by atoms with Gasteiger partial charge in [-0.1, -0.05) is 47.5 Å². The van der Waals surface area contributed by atoms with E-state index in [-0.39, 0.29) is 5.91 Å². The van der Waals surface area contributed by atoms with Gasteiger partial charge >= 0.3 is 0 Å². The van der Waals surface area contributed by atoms with Crippen molar-refractivity contribution >= 4 is 29.1 Å². The molecular weight excluding hydrogens is 331 g/mol. The second-order valence-corrected chi connectivity index (χ2v) is 6.15. The van der Waals surface area contributed by atoms with Gasteiger partial charge in [0, 0.05) is 29.6 Å². The number of benzene rings is 2. The lowest BCUT2D eigenvalue weighted by molar-refractivity contribution is -0.121. The number of halogens is 2. The highest BCUT2D eigenvalue weighted by molar-refractivity contribution is 6.30. The summed E-state index contributed by atoms with van der Waals surface area (Å²) in [4.78, 5) is 11.8. The Labute approximate surface area is 147 Å². The fraction of sp³-hybridized carbons (Fsp3) is 0.278. The smallest absolute Gasteiger partial charge is 0.221 e. The van der Waals surface area contributed by atoms with E-state index in [4.69, 9.17) is 23.2 Å². The highest BCUT2D eigenvalue weighted by Crippen LogP contribution is 2.10. The fourth-order valence-corrected chi connectivity index (χ4v) is 2.35. The lowest BCUT2D eigenvalue weighted by atomic mass is 10.1. The third-order valence-corrected chi connectivity index (χ3v) is 3.94. The molecule has 0 aromatic heterocycles. The summed E-state index contributed by atoms with van der Waals surface area (Å²) >= 11 is 11.7. The molecule has 0 unspecified atom stereocenters. The Hall–Kier alpha value is -1.55. The maximum atomic E-state index is 11.8. The van der Waals surface area contributed by atoms with Crippen molar-refractivity contribution in [3.8, 4) is 0 Å². The van der Waals surface area contributed by atoms with Gasteiger partial charge in [0.05, 0.1) is 0 Å². The molecule has 0 heterocycles. The molecule has 23 heavy (non-hydrogen) atoms. The SMILES string of the molecule is O=C(CCNCCc1ccc(Cl)cc1)NCc1ccc(Cl)cc1. The third-order valence-electron chi connectivity index (χ3n) is 3.44. The van der Waals surface area contributed by atoms with Gasteiger partial charge in [-0.2, -0.15) is 0 Å². The molecule has 3 nitrogen and oxygen atoms in total. The third kappa shape index (κ3) is 7.04. The first-order valence-corrected chi connectivity index (χ1v) is 8.35. The van der Waals surface area contributed by atoms with E-state index in [1.807, 2.05) is 48.5 Å². The highest BCUT2D eigenvalue weighted by Gasteiger charge is 2.01. The summed E-state index contributed by atoms with van der Waals surface area (Å²) in [5.41, 5.74) is 2.27. The zero-order chi connectivity index (χ0) is 16.5. The minimum absolute atomic E-state index is 0.0407. The number of hydrogen-bond donors (Lipinski definition) is 2. The van der Waals surface area contributed by atoms with Gasteiger partial charge in [0.2, 0.25) is 5.91 Å². The number of carbonyl (C=O) groups is 1. The van der Waals surface area contributed by atoms with E-state index < -0.39 is 0 Å². The molecule has 2 N–H and O–H groups in total. The molecule has 0 aliphatic carbocycles. The Morgan fingerprint density at radius 2 is 1.39 bits per heavy atom. The quantitative estimate of drug-likeness (QED) is 0.710. The first kappa shape index (κ1) is 17.8. The average Bonchev–Trinajstić information content (AvgIpc) is 2.56. The Balaban J connectivity index is 1.56. The van der Waals surface area contributed by atoms with Crippen LogP contribution in [-0.4, -0.2) is 19.0 Å². The summed E-state index contributed by atoms with van der Waals surface area (Å²) < 4.78 is 0. The molecule has 0 saturated heterocycles. The van der Waals surface area contributed by atoms with Crippen LogP contribution < -0.4 is 10.6 Å². The van der Waals surface area contributed by atoms with Crippen molar-refractivity contribution in [1.29, 1.82) is 0 Å². The number of nitrogens with one attached hydrogen (secondary N) is 2. The van der Waals surface area contributed by atoms with Crippen molar-refractivity contribution in [1.82, 2.24) is 10.6 Å². The van der Waals surface area contributed by atoms with E-state index in [1.165, 1.54) is 5.56 Å². The summed E-state index contributed by atoms with van der Waals surface area (Å²) in [6.45, 7) is 2.03. The van der Waals surface area contributed by atoms with Crippen LogP contribution in [0.4, 0.5) is 0 Å². The van der Waals surface area contributed by atoms with Gasteiger partial charge in [-0.3, -0.25) is 4.79 Å². The van der Waals surface area contributed by atoms with Crippen molar-refractivity contribution in [2.75, 3.05) is 13.1 Å². The Morgan fingerprint density at radius 1 is 0.826 bits per heavy atom. The van der Waals surface area contributed by atoms with E-state index in [9.17, 15) is 4.79 Å². The zero-order valence-electron chi connectivity index (χ0n) is 12.8. The molecule has 2 aromatic carbocycles. The van der Waals surface area contributed by atoms with Gasteiger partial charge in [0.1, 0.15) is 0 Å². The molecule has 0 atom stereocenters. The molecule has 0 radical (unpaired) electrons. The van der Waals surface area contributed by atoms with Crippen LogP contribution >= 0.6 is 23.2 Å². The molecule has 2 aromatic rings. The van der Waals surface area contributed by atoms with Crippen molar-refractivity contribution in [2.45, 2.75) is 19.4 Å². The molecule has 0 aliphatic rings. The standard InChI is InChI=1S/C18H20Cl2N2O/c19-16-5-1-14(2-6-16)9-11-21-12-10-18(23)22-13-15-3-7-17(20)8-4-15/h1-8,21H,9-13H2,(H,22,23). The Kier molecular flexibility index (Phi) is 7.40. The predicted octanol–water partition coefficient (Wildman–Crippen LogP) is 3.83. The molecule has 5 heteroatoms. The van der Waals surface area contributed by atoms with Crippen LogP contribution in [0, 0.1) is 0 Å². The first-order chi connectivity index (χ1) is 11.1. The molecular formula is C18H20Cl2N2O. The van der Waals surface area contributed by atoms with Gasteiger partial charge in [-0.25, -0.2) is 0 Å². The van der Waals surface area contributed by atoms with Crippen molar-refractivity contribution in [2.24, 2.45) is 0 Å². The van der Waals surface area contributed by atoms with E-state index in [1.54, 1.807) is 0 Å². The lowest BCUT2D eigenvalue weighted by Crippen LogP contribution is -2.28. The minimum Gasteiger partial charge on any atom is -0.352 e. The normalized spacial score (nSPS) is 10.5. The first-order valence-electron chi connectivity index (χ1n) is 7.60. The molecule has 0 aliphatic heterocycles. The minimum atomic E-state index is 0.0407. The highest BCUT2D eigenvalue weighted by atomic mass is 35.5. The zero-order valence-corrected chi connectivity index (χ0v) is 14.3. The van der Waals surface area contributed by atoms with Crippen LogP contribution in [0.2, 0.25) is 10.0 Å². The monoisotopic (exact) mass is 350 g/mol. The van der Waals surface area contributed by atoms with Gasteiger partial charge in [-0.05, 0) is 48.4 Å². The van der Waals surface area contributed by atoms with Crippen LogP contribution in [0.15, 0.2) is 48.5 Å². The van der Waals surface area contributed by atoms with Crippen LogP contribution in [0.3, 0.4) is 0 Å². The van der Waals surface area contributed by atoms with Crippen LogP contribution in [0.5, 0.6) is 0 Å². The van der Waals surface area contributed by atoms with E-state index in [0.29, 0.717) is 24.5 Å². The Morgan fingerprint density at radius 3 is 2.00 bits per heavy atom. The second-order valence-electron chi connectivity index (χ2n) is 5.28. The predicted molar refractivity (Wildman–Crippen MR) is 95.9 cm³/mol. The maximum Gasteiger partial charge on any atom is 0.221 e. The number of hydrogen-bond acceptors (Lipinski definition) is 2. The van der Waals surface area contributed by atoms with Gasteiger partial charge in [-0.15, -0.1) is 0 Å². The molecule has 0 saturated carbocycles.